The molecule has 0 amide bonds. The van der Waals surface area contributed by atoms with Gasteiger partial charge < -0.3 is 5.11 Å². The highest BCUT2D eigenvalue weighted by Gasteiger charge is 2.13. The maximum Gasteiger partial charge on any atom is 0.122 e. The molecule has 0 spiro atoms. The van der Waals surface area contributed by atoms with E-state index in [9.17, 15) is 0 Å². The maximum atomic E-state index is 9.13. The van der Waals surface area contributed by atoms with E-state index in [1.807, 2.05) is 6.92 Å². The van der Waals surface area contributed by atoms with Crippen molar-refractivity contribution in [2.75, 3.05) is 0 Å². The molecule has 0 saturated carbocycles. The fourth-order valence-electron chi connectivity index (χ4n) is 0.586. The van der Waals surface area contributed by atoms with E-state index in [4.69, 9.17) is 5.11 Å². The van der Waals surface area contributed by atoms with Gasteiger partial charge >= 0.3 is 0 Å². The first-order valence-electron chi connectivity index (χ1n) is 3.16. The van der Waals surface area contributed by atoms with Crippen molar-refractivity contribution in [3.63, 3.8) is 0 Å². The molecule has 2 unspecified atom stereocenters. The highest BCUT2D eigenvalue weighted by atomic mass is 32.1. The van der Waals surface area contributed by atoms with Crippen molar-refractivity contribution < 1.29 is 5.11 Å². The summed E-state index contributed by atoms with van der Waals surface area (Å²) in [5.41, 5.74) is 1.67. The van der Waals surface area contributed by atoms with Crippen LogP contribution < -0.4 is 0 Å². The van der Waals surface area contributed by atoms with Gasteiger partial charge in [-0.2, -0.15) is 0 Å². The van der Waals surface area contributed by atoms with E-state index < -0.39 is 0 Å². The molecule has 0 aliphatic rings. The van der Waals surface area contributed by atoms with Crippen molar-refractivity contribution in [1.29, 1.82) is 0 Å². The van der Waals surface area contributed by atoms with Crippen LogP contribution in [0.4, 0.5) is 0 Å². The summed E-state index contributed by atoms with van der Waals surface area (Å²) < 4.78 is 0. The third kappa shape index (κ3) is 1.52. The quantitative estimate of drug-likeness (QED) is 0.699. The second-order valence-corrected chi connectivity index (χ2v) is 3.17. The van der Waals surface area contributed by atoms with Crippen LogP contribution in [0.1, 0.15) is 24.8 Å². The highest BCUT2D eigenvalue weighted by molar-refractivity contribution is 7.09. The largest absolute Gasteiger partial charge is 0.393 e. The third-order valence-electron chi connectivity index (χ3n) is 1.49. The van der Waals surface area contributed by atoms with Gasteiger partial charge in [-0.3, -0.25) is 0 Å². The average Bonchev–Trinajstić information content (AvgIpc) is 2.36. The number of aliphatic hydroxyl groups excluding tert-OH is 1. The number of aromatic nitrogens is 2. The van der Waals surface area contributed by atoms with E-state index in [0.29, 0.717) is 0 Å². The summed E-state index contributed by atoms with van der Waals surface area (Å²) >= 11 is 1.48. The van der Waals surface area contributed by atoms with E-state index in [1.54, 1.807) is 12.4 Å². The summed E-state index contributed by atoms with van der Waals surface area (Å²) in [5.74, 6) is 0.104. The Morgan fingerprint density at radius 2 is 2.30 bits per heavy atom. The molecule has 3 nitrogen and oxygen atoms in total. The van der Waals surface area contributed by atoms with Gasteiger partial charge in [0, 0.05) is 5.92 Å². The molecule has 1 heterocycles. The lowest BCUT2D eigenvalue weighted by Gasteiger charge is -2.09. The number of aliphatic hydroxyl groups is 1. The van der Waals surface area contributed by atoms with Crippen LogP contribution in [-0.4, -0.2) is 21.4 Å². The van der Waals surface area contributed by atoms with Crippen LogP contribution in [0.2, 0.25) is 0 Å². The molecule has 0 saturated heterocycles. The van der Waals surface area contributed by atoms with Crippen molar-refractivity contribution >= 4 is 11.3 Å². The van der Waals surface area contributed by atoms with Crippen molar-refractivity contribution in [3.05, 3.63) is 10.5 Å². The van der Waals surface area contributed by atoms with Gasteiger partial charge in [-0.1, -0.05) is 6.92 Å². The lowest BCUT2D eigenvalue weighted by Crippen LogP contribution is -2.10. The monoisotopic (exact) mass is 158 g/mol. The van der Waals surface area contributed by atoms with E-state index in [0.717, 1.165) is 5.01 Å². The summed E-state index contributed by atoms with van der Waals surface area (Å²) in [5, 5.41) is 17.6. The Morgan fingerprint density at radius 3 is 2.70 bits per heavy atom. The molecule has 1 aromatic rings. The zero-order valence-corrected chi connectivity index (χ0v) is 6.80. The Hall–Kier alpha value is -0.480. The Balaban J connectivity index is 2.68. The second-order valence-electron chi connectivity index (χ2n) is 2.31. The van der Waals surface area contributed by atoms with Gasteiger partial charge in [0.05, 0.1) is 6.10 Å². The number of rotatable bonds is 2. The van der Waals surface area contributed by atoms with Crippen molar-refractivity contribution in [2.45, 2.75) is 25.9 Å². The fourth-order valence-corrected chi connectivity index (χ4v) is 1.29. The molecule has 2 atom stereocenters. The standard InChI is InChI=1S/C6H10N2OS/c1-4(5(2)9)6-8-7-3-10-6/h3-5,9H,1-2H3. The average molecular weight is 158 g/mol. The predicted molar refractivity (Wildman–Crippen MR) is 40.0 cm³/mol. The molecule has 0 fully saturated rings. The number of nitrogens with zero attached hydrogens (tertiary/aromatic N) is 2. The summed E-state index contributed by atoms with van der Waals surface area (Å²) in [7, 11) is 0. The topological polar surface area (TPSA) is 46.0 Å². The Labute approximate surface area is 63.7 Å². The first-order valence-corrected chi connectivity index (χ1v) is 4.04. The Bertz CT molecular complexity index is 186. The number of hydrogen-bond acceptors (Lipinski definition) is 4. The smallest absolute Gasteiger partial charge is 0.122 e. The Morgan fingerprint density at radius 1 is 1.60 bits per heavy atom. The van der Waals surface area contributed by atoms with Crippen LogP contribution in [-0.2, 0) is 0 Å². The van der Waals surface area contributed by atoms with Gasteiger partial charge in [0.25, 0.3) is 0 Å². The molecule has 10 heavy (non-hydrogen) atoms. The normalized spacial score (nSPS) is 16.7. The van der Waals surface area contributed by atoms with Crippen molar-refractivity contribution in [1.82, 2.24) is 10.2 Å². The molecule has 0 aromatic carbocycles. The molecule has 1 aromatic heterocycles. The van der Waals surface area contributed by atoms with Crippen LogP contribution in [0.5, 0.6) is 0 Å². The number of hydrogen-bond donors (Lipinski definition) is 1. The van der Waals surface area contributed by atoms with E-state index in [2.05, 4.69) is 10.2 Å². The minimum atomic E-state index is -0.340. The minimum absolute atomic E-state index is 0.104. The summed E-state index contributed by atoms with van der Waals surface area (Å²) in [6, 6.07) is 0. The van der Waals surface area contributed by atoms with Crippen LogP contribution in [0.25, 0.3) is 0 Å². The highest BCUT2D eigenvalue weighted by Crippen LogP contribution is 2.19. The van der Waals surface area contributed by atoms with Gasteiger partial charge in [0.2, 0.25) is 0 Å². The van der Waals surface area contributed by atoms with Crippen LogP contribution in [0, 0.1) is 0 Å². The molecule has 4 heteroatoms. The lowest BCUT2D eigenvalue weighted by molar-refractivity contribution is 0.168. The van der Waals surface area contributed by atoms with Crippen LogP contribution in [0.3, 0.4) is 0 Å². The van der Waals surface area contributed by atoms with Gasteiger partial charge in [0.1, 0.15) is 10.5 Å². The van der Waals surface area contributed by atoms with E-state index in [1.165, 1.54) is 11.3 Å². The first kappa shape index (κ1) is 7.63. The molecule has 1 N–H and O–H groups in total. The molecule has 0 radical (unpaired) electrons. The molecule has 0 bridgehead atoms. The summed E-state index contributed by atoms with van der Waals surface area (Å²) in [6.07, 6.45) is -0.340. The van der Waals surface area contributed by atoms with Gasteiger partial charge in [0.15, 0.2) is 0 Å². The van der Waals surface area contributed by atoms with Crippen LogP contribution in [0.15, 0.2) is 5.51 Å². The molecule has 1 rings (SSSR count). The molecular weight excluding hydrogens is 148 g/mol. The summed E-state index contributed by atoms with van der Waals surface area (Å²) in [6.45, 7) is 3.69. The van der Waals surface area contributed by atoms with E-state index in [-0.39, 0.29) is 12.0 Å². The minimum Gasteiger partial charge on any atom is -0.393 e. The third-order valence-corrected chi connectivity index (χ3v) is 2.38. The molecule has 56 valence electrons. The molecule has 0 aliphatic heterocycles. The first-order chi connectivity index (χ1) is 4.72. The van der Waals surface area contributed by atoms with Gasteiger partial charge in [-0.15, -0.1) is 21.5 Å². The lowest BCUT2D eigenvalue weighted by atomic mass is 10.1. The zero-order valence-electron chi connectivity index (χ0n) is 5.98. The van der Waals surface area contributed by atoms with Crippen molar-refractivity contribution in [3.8, 4) is 0 Å². The van der Waals surface area contributed by atoms with Gasteiger partial charge in [-0.05, 0) is 6.92 Å². The predicted octanol–water partition coefficient (Wildman–Crippen LogP) is 1.02. The SMILES string of the molecule is CC(O)C(C)c1nncs1. The van der Waals surface area contributed by atoms with Gasteiger partial charge in [-0.25, -0.2) is 0 Å². The zero-order chi connectivity index (χ0) is 7.56. The maximum absolute atomic E-state index is 9.13. The van der Waals surface area contributed by atoms with E-state index >= 15 is 0 Å². The Kier molecular flexibility index (Phi) is 2.34. The molecular formula is C6H10N2OS. The fraction of sp³-hybridized carbons (Fsp3) is 0.667. The van der Waals surface area contributed by atoms with Crippen LogP contribution >= 0.6 is 11.3 Å². The van der Waals surface area contributed by atoms with Crippen molar-refractivity contribution in [2.24, 2.45) is 0 Å². The molecule has 0 aliphatic carbocycles. The second kappa shape index (κ2) is 3.07. The summed E-state index contributed by atoms with van der Waals surface area (Å²) in [4.78, 5) is 0.